The van der Waals surface area contributed by atoms with Gasteiger partial charge in [0.2, 0.25) is 0 Å². The molecular formula is C15H20N2S. The SMILES string of the molecule is CCn1ccc(CNCCSc2ccccc2)c1. The Labute approximate surface area is 113 Å². The van der Waals surface area contributed by atoms with Gasteiger partial charge in [0.15, 0.2) is 0 Å². The first-order chi connectivity index (χ1) is 8.88. The molecule has 0 radical (unpaired) electrons. The third-order valence-electron chi connectivity index (χ3n) is 2.80. The van der Waals surface area contributed by atoms with Gasteiger partial charge in [0.1, 0.15) is 0 Å². The lowest BCUT2D eigenvalue weighted by Gasteiger charge is -2.03. The monoisotopic (exact) mass is 260 g/mol. The maximum Gasteiger partial charge on any atom is 0.0220 e. The number of hydrogen-bond acceptors (Lipinski definition) is 2. The third kappa shape index (κ3) is 4.24. The summed E-state index contributed by atoms with van der Waals surface area (Å²) in [4.78, 5) is 1.34. The molecule has 0 aliphatic rings. The molecule has 1 N–H and O–H groups in total. The Morgan fingerprint density at radius 3 is 2.72 bits per heavy atom. The molecule has 0 spiro atoms. The number of nitrogens with one attached hydrogen (secondary N) is 1. The van der Waals surface area contributed by atoms with Crippen LogP contribution in [0.5, 0.6) is 0 Å². The summed E-state index contributed by atoms with van der Waals surface area (Å²) in [5.74, 6) is 1.11. The molecule has 0 aliphatic heterocycles. The highest BCUT2D eigenvalue weighted by Crippen LogP contribution is 2.15. The highest BCUT2D eigenvalue weighted by Gasteiger charge is 1.96. The van der Waals surface area contributed by atoms with Gasteiger partial charge in [-0.3, -0.25) is 0 Å². The van der Waals surface area contributed by atoms with E-state index in [4.69, 9.17) is 0 Å². The molecule has 0 unspecified atom stereocenters. The topological polar surface area (TPSA) is 17.0 Å². The molecule has 18 heavy (non-hydrogen) atoms. The smallest absolute Gasteiger partial charge is 0.0220 e. The molecule has 0 atom stereocenters. The van der Waals surface area contributed by atoms with Gasteiger partial charge in [0.05, 0.1) is 0 Å². The number of hydrogen-bond donors (Lipinski definition) is 1. The summed E-state index contributed by atoms with van der Waals surface area (Å²) in [5, 5.41) is 3.48. The predicted molar refractivity (Wildman–Crippen MR) is 79.0 cm³/mol. The van der Waals surface area contributed by atoms with Crippen molar-refractivity contribution in [3.8, 4) is 0 Å². The van der Waals surface area contributed by atoms with Crippen molar-refractivity contribution in [1.29, 1.82) is 0 Å². The molecule has 0 saturated carbocycles. The number of thioether (sulfide) groups is 1. The van der Waals surface area contributed by atoms with Crippen LogP contribution in [0.3, 0.4) is 0 Å². The fraction of sp³-hybridized carbons (Fsp3) is 0.333. The second kappa shape index (κ2) is 7.29. The zero-order chi connectivity index (χ0) is 12.6. The van der Waals surface area contributed by atoms with Crippen molar-refractivity contribution in [3.63, 3.8) is 0 Å². The van der Waals surface area contributed by atoms with E-state index in [0.717, 1.165) is 25.4 Å². The summed E-state index contributed by atoms with van der Waals surface area (Å²) < 4.78 is 2.20. The number of nitrogens with zero attached hydrogens (tertiary/aromatic N) is 1. The Balaban J connectivity index is 1.61. The van der Waals surface area contributed by atoms with Crippen LogP contribution >= 0.6 is 11.8 Å². The van der Waals surface area contributed by atoms with Crippen molar-refractivity contribution in [2.45, 2.75) is 24.9 Å². The Morgan fingerprint density at radius 2 is 2.00 bits per heavy atom. The van der Waals surface area contributed by atoms with Crippen LogP contribution in [0.25, 0.3) is 0 Å². The number of aryl methyl sites for hydroxylation is 1. The minimum Gasteiger partial charge on any atom is -0.354 e. The van der Waals surface area contributed by atoms with E-state index in [1.165, 1.54) is 10.5 Å². The van der Waals surface area contributed by atoms with Gasteiger partial charge < -0.3 is 9.88 Å². The molecule has 2 aromatic rings. The van der Waals surface area contributed by atoms with E-state index < -0.39 is 0 Å². The van der Waals surface area contributed by atoms with Crippen LogP contribution in [-0.2, 0) is 13.1 Å². The van der Waals surface area contributed by atoms with Gasteiger partial charge in [0.25, 0.3) is 0 Å². The van der Waals surface area contributed by atoms with Crippen LogP contribution in [0.2, 0.25) is 0 Å². The molecule has 1 aromatic heterocycles. The van der Waals surface area contributed by atoms with Crippen molar-refractivity contribution in [2.75, 3.05) is 12.3 Å². The molecule has 0 bridgehead atoms. The lowest BCUT2D eigenvalue weighted by Crippen LogP contribution is -2.16. The maximum atomic E-state index is 3.48. The third-order valence-corrected chi connectivity index (χ3v) is 3.81. The van der Waals surface area contributed by atoms with Crippen LogP contribution in [-0.4, -0.2) is 16.9 Å². The molecular weight excluding hydrogens is 240 g/mol. The molecule has 96 valence electrons. The Kier molecular flexibility index (Phi) is 5.36. The normalized spacial score (nSPS) is 10.7. The number of aromatic nitrogens is 1. The van der Waals surface area contributed by atoms with Crippen molar-refractivity contribution in [2.24, 2.45) is 0 Å². The van der Waals surface area contributed by atoms with E-state index in [1.807, 2.05) is 11.8 Å². The predicted octanol–water partition coefficient (Wildman–Crippen LogP) is 3.39. The minimum absolute atomic E-state index is 0.961. The lowest BCUT2D eigenvalue weighted by molar-refractivity contribution is 0.721. The van der Waals surface area contributed by atoms with E-state index in [9.17, 15) is 0 Å². The average Bonchev–Trinajstić information content (AvgIpc) is 2.87. The summed E-state index contributed by atoms with van der Waals surface area (Å²) in [6, 6.07) is 12.7. The number of rotatable bonds is 7. The summed E-state index contributed by atoms with van der Waals surface area (Å²) in [7, 11) is 0. The zero-order valence-electron chi connectivity index (χ0n) is 10.8. The molecule has 1 aromatic carbocycles. The molecule has 0 fully saturated rings. The summed E-state index contributed by atoms with van der Waals surface area (Å²) >= 11 is 1.90. The van der Waals surface area contributed by atoms with Gasteiger partial charge in [0, 0.05) is 42.7 Å². The average molecular weight is 260 g/mol. The van der Waals surface area contributed by atoms with E-state index in [-0.39, 0.29) is 0 Å². The first-order valence-corrected chi connectivity index (χ1v) is 7.40. The molecule has 0 saturated heterocycles. The molecule has 2 nitrogen and oxygen atoms in total. The lowest BCUT2D eigenvalue weighted by atomic mass is 10.3. The van der Waals surface area contributed by atoms with E-state index in [1.54, 1.807) is 0 Å². The van der Waals surface area contributed by atoms with Gasteiger partial charge in [-0.05, 0) is 30.7 Å². The molecule has 2 rings (SSSR count). The summed E-state index contributed by atoms with van der Waals surface area (Å²) in [6.07, 6.45) is 4.34. The fourth-order valence-corrected chi connectivity index (χ4v) is 2.61. The van der Waals surface area contributed by atoms with Gasteiger partial charge in [-0.25, -0.2) is 0 Å². The molecule has 0 aliphatic carbocycles. The highest BCUT2D eigenvalue weighted by molar-refractivity contribution is 7.99. The van der Waals surface area contributed by atoms with Gasteiger partial charge in [-0.2, -0.15) is 0 Å². The number of benzene rings is 1. The second-order valence-corrected chi connectivity index (χ2v) is 5.36. The van der Waals surface area contributed by atoms with E-state index >= 15 is 0 Å². The summed E-state index contributed by atoms with van der Waals surface area (Å²) in [5.41, 5.74) is 1.36. The highest BCUT2D eigenvalue weighted by atomic mass is 32.2. The van der Waals surface area contributed by atoms with Crippen molar-refractivity contribution >= 4 is 11.8 Å². The van der Waals surface area contributed by atoms with Crippen LogP contribution in [0.4, 0.5) is 0 Å². The first kappa shape index (κ1) is 13.2. The van der Waals surface area contributed by atoms with Gasteiger partial charge >= 0.3 is 0 Å². The van der Waals surface area contributed by atoms with Crippen molar-refractivity contribution in [1.82, 2.24) is 9.88 Å². The largest absolute Gasteiger partial charge is 0.354 e. The van der Waals surface area contributed by atoms with Gasteiger partial charge in [-0.15, -0.1) is 11.8 Å². The fourth-order valence-electron chi connectivity index (χ4n) is 1.78. The Bertz CT molecular complexity index is 451. The molecule has 1 heterocycles. The van der Waals surface area contributed by atoms with Crippen LogP contribution in [0.15, 0.2) is 53.7 Å². The second-order valence-electron chi connectivity index (χ2n) is 4.19. The quantitative estimate of drug-likeness (QED) is 0.607. The summed E-state index contributed by atoms with van der Waals surface area (Å²) in [6.45, 7) is 5.21. The first-order valence-electron chi connectivity index (χ1n) is 6.41. The van der Waals surface area contributed by atoms with Crippen molar-refractivity contribution < 1.29 is 0 Å². The molecule has 3 heteroatoms. The Hall–Kier alpha value is -1.19. The van der Waals surface area contributed by atoms with E-state index in [0.29, 0.717) is 0 Å². The Morgan fingerprint density at radius 1 is 1.17 bits per heavy atom. The maximum absolute atomic E-state index is 3.48. The zero-order valence-corrected chi connectivity index (χ0v) is 11.6. The minimum atomic E-state index is 0.961. The van der Waals surface area contributed by atoms with Gasteiger partial charge in [-0.1, -0.05) is 18.2 Å². The van der Waals surface area contributed by atoms with Crippen LogP contribution in [0, 0.1) is 0 Å². The van der Waals surface area contributed by atoms with E-state index in [2.05, 4.69) is 65.6 Å². The molecule has 0 amide bonds. The van der Waals surface area contributed by atoms with Crippen molar-refractivity contribution in [3.05, 3.63) is 54.4 Å². The standard InChI is InChI=1S/C15H20N2S/c1-2-17-10-8-14(13-17)12-16-9-11-18-15-6-4-3-5-7-15/h3-8,10,13,16H,2,9,11-12H2,1H3. The van der Waals surface area contributed by atoms with Crippen LogP contribution in [0.1, 0.15) is 12.5 Å². The van der Waals surface area contributed by atoms with Crippen LogP contribution < -0.4 is 5.32 Å².